The molecule has 1 aliphatic rings. The molecule has 0 radical (unpaired) electrons. The minimum atomic E-state index is -0.951. The topological polar surface area (TPSA) is 122 Å². The first-order valence-corrected chi connectivity index (χ1v) is 10.9. The van der Waals surface area contributed by atoms with Crippen LogP contribution in [0.2, 0.25) is 0 Å². The summed E-state index contributed by atoms with van der Waals surface area (Å²) < 4.78 is 12.6. The van der Waals surface area contributed by atoms with E-state index in [1.54, 1.807) is 38.3 Å². The first-order valence-electron chi connectivity index (χ1n) is 10.9. The van der Waals surface area contributed by atoms with Crippen LogP contribution in [0.1, 0.15) is 35.9 Å². The summed E-state index contributed by atoms with van der Waals surface area (Å²) in [6.45, 7) is 6.79. The van der Waals surface area contributed by atoms with Gasteiger partial charge in [0, 0.05) is 25.0 Å². The van der Waals surface area contributed by atoms with Gasteiger partial charge in [-0.15, -0.1) is 0 Å². The van der Waals surface area contributed by atoms with E-state index < -0.39 is 17.5 Å². The summed E-state index contributed by atoms with van der Waals surface area (Å²) in [6.07, 6.45) is 2.50. The van der Waals surface area contributed by atoms with Gasteiger partial charge in [-0.2, -0.15) is 5.26 Å². The van der Waals surface area contributed by atoms with Gasteiger partial charge in [0.25, 0.3) is 5.91 Å². The van der Waals surface area contributed by atoms with Crippen LogP contribution in [0.15, 0.2) is 35.9 Å². The van der Waals surface area contributed by atoms with Gasteiger partial charge in [0.1, 0.15) is 22.9 Å². The zero-order chi connectivity index (χ0) is 24.9. The first-order chi connectivity index (χ1) is 16.2. The molecule has 9 nitrogen and oxygen atoms in total. The number of nitriles is 1. The standard InChI is InChI=1S/C25H28N4O5/c1-16-13-19(17(2)29(16)11-12-33-4)14-20(15-26)22(30)34-21-7-5-18(6-8-21)9-10-25(3)23(31)27-24(32)28-25/h5-8,13-14H,9-12H2,1-4H3,(H2,27,28,31,32)/b20-14-. The lowest BCUT2D eigenvalue weighted by molar-refractivity contribution is -0.129. The molecule has 178 valence electrons. The number of hydrogen-bond donors (Lipinski definition) is 2. The zero-order valence-corrected chi connectivity index (χ0v) is 19.7. The van der Waals surface area contributed by atoms with Crippen LogP contribution in [0.4, 0.5) is 4.79 Å². The second-order valence-corrected chi connectivity index (χ2v) is 8.41. The molecule has 0 aliphatic carbocycles. The molecule has 1 aromatic heterocycles. The van der Waals surface area contributed by atoms with Gasteiger partial charge < -0.3 is 19.4 Å². The summed E-state index contributed by atoms with van der Waals surface area (Å²) >= 11 is 0. The Morgan fingerprint density at radius 3 is 2.53 bits per heavy atom. The maximum Gasteiger partial charge on any atom is 0.354 e. The van der Waals surface area contributed by atoms with Crippen molar-refractivity contribution in [2.75, 3.05) is 13.7 Å². The molecule has 1 unspecified atom stereocenters. The number of carbonyl (C=O) groups is 3. The molecule has 0 bridgehead atoms. The lowest BCUT2D eigenvalue weighted by atomic mass is 9.93. The Kier molecular flexibility index (Phi) is 7.54. The van der Waals surface area contributed by atoms with E-state index in [0.29, 0.717) is 31.7 Å². The number of amides is 3. The SMILES string of the molecule is COCCn1c(C)cc(/C=C(/C#N)C(=O)Oc2ccc(CCC3(C)NC(=O)NC3=O)cc2)c1C. The highest BCUT2D eigenvalue weighted by atomic mass is 16.5. The van der Waals surface area contributed by atoms with Crippen molar-refractivity contribution < 1.29 is 23.9 Å². The van der Waals surface area contributed by atoms with E-state index in [-0.39, 0.29) is 11.5 Å². The van der Waals surface area contributed by atoms with Crippen molar-refractivity contribution in [1.29, 1.82) is 5.26 Å². The molecule has 1 fully saturated rings. The van der Waals surface area contributed by atoms with Gasteiger partial charge in [-0.1, -0.05) is 12.1 Å². The number of aromatic nitrogens is 1. The van der Waals surface area contributed by atoms with E-state index in [0.717, 1.165) is 22.5 Å². The highest BCUT2D eigenvalue weighted by molar-refractivity contribution is 6.06. The number of benzene rings is 1. The van der Waals surface area contributed by atoms with Crippen LogP contribution < -0.4 is 15.4 Å². The Labute approximate surface area is 198 Å². The van der Waals surface area contributed by atoms with E-state index in [1.165, 1.54) is 6.08 Å². The third kappa shape index (κ3) is 5.53. The molecule has 1 aromatic carbocycles. The van der Waals surface area contributed by atoms with Crippen molar-refractivity contribution in [3.63, 3.8) is 0 Å². The fourth-order valence-corrected chi connectivity index (χ4v) is 3.83. The van der Waals surface area contributed by atoms with Gasteiger partial charge in [0.2, 0.25) is 0 Å². The van der Waals surface area contributed by atoms with Crippen molar-refractivity contribution in [2.45, 2.75) is 45.7 Å². The van der Waals surface area contributed by atoms with Crippen molar-refractivity contribution in [3.8, 4) is 11.8 Å². The number of hydrogen-bond acceptors (Lipinski definition) is 6. The first kappa shape index (κ1) is 24.7. The molecule has 2 aromatic rings. The average Bonchev–Trinajstić information content (AvgIpc) is 3.22. The number of aryl methyl sites for hydroxylation is 2. The minimum absolute atomic E-state index is 0.105. The molecule has 3 amide bonds. The van der Waals surface area contributed by atoms with Crippen LogP contribution in [0.5, 0.6) is 5.75 Å². The van der Waals surface area contributed by atoms with Gasteiger partial charge in [0.05, 0.1) is 6.61 Å². The van der Waals surface area contributed by atoms with Gasteiger partial charge in [0.15, 0.2) is 0 Å². The number of esters is 1. The average molecular weight is 465 g/mol. The van der Waals surface area contributed by atoms with Crippen LogP contribution in [-0.4, -0.2) is 41.7 Å². The van der Waals surface area contributed by atoms with Crippen molar-refractivity contribution in [2.24, 2.45) is 0 Å². The molecule has 3 rings (SSSR count). The Hall–Kier alpha value is -3.90. The predicted octanol–water partition coefficient (Wildman–Crippen LogP) is 2.79. The fraction of sp³-hybridized carbons (Fsp3) is 0.360. The van der Waals surface area contributed by atoms with Crippen LogP contribution in [-0.2, 0) is 27.3 Å². The number of ether oxygens (including phenoxy) is 2. The van der Waals surface area contributed by atoms with Gasteiger partial charge in [-0.3, -0.25) is 10.1 Å². The van der Waals surface area contributed by atoms with Gasteiger partial charge >= 0.3 is 12.0 Å². The largest absolute Gasteiger partial charge is 0.422 e. The molecular formula is C25H28N4O5. The normalized spacial score (nSPS) is 17.8. The minimum Gasteiger partial charge on any atom is -0.422 e. The molecule has 1 aliphatic heterocycles. The molecule has 1 atom stereocenters. The molecule has 34 heavy (non-hydrogen) atoms. The molecule has 9 heteroatoms. The van der Waals surface area contributed by atoms with E-state index >= 15 is 0 Å². The number of methoxy groups -OCH3 is 1. The number of imide groups is 1. The Morgan fingerprint density at radius 1 is 1.24 bits per heavy atom. The summed E-state index contributed by atoms with van der Waals surface area (Å²) in [5, 5.41) is 14.4. The van der Waals surface area contributed by atoms with Gasteiger partial charge in [-0.25, -0.2) is 9.59 Å². The van der Waals surface area contributed by atoms with E-state index in [1.807, 2.05) is 26.0 Å². The third-order valence-corrected chi connectivity index (χ3v) is 5.94. The number of urea groups is 1. The summed E-state index contributed by atoms with van der Waals surface area (Å²) in [5.41, 5.74) is 2.56. The van der Waals surface area contributed by atoms with Crippen LogP contribution >= 0.6 is 0 Å². The highest BCUT2D eigenvalue weighted by Gasteiger charge is 2.41. The van der Waals surface area contributed by atoms with E-state index in [9.17, 15) is 19.6 Å². The second-order valence-electron chi connectivity index (χ2n) is 8.41. The maximum absolute atomic E-state index is 12.6. The molecule has 1 saturated heterocycles. The van der Waals surface area contributed by atoms with E-state index in [4.69, 9.17) is 9.47 Å². The monoisotopic (exact) mass is 464 g/mol. The fourth-order valence-electron chi connectivity index (χ4n) is 3.83. The van der Waals surface area contributed by atoms with Crippen molar-refractivity contribution in [1.82, 2.24) is 15.2 Å². The van der Waals surface area contributed by atoms with Crippen LogP contribution in [0.25, 0.3) is 6.08 Å². The molecule has 2 heterocycles. The Morgan fingerprint density at radius 2 is 1.94 bits per heavy atom. The number of rotatable bonds is 9. The quantitative estimate of drug-likeness (QED) is 0.193. The molecule has 0 spiro atoms. The Balaban J connectivity index is 1.65. The van der Waals surface area contributed by atoms with Crippen molar-refractivity contribution >= 4 is 24.0 Å². The molecular weight excluding hydrogens is 436 g/mol. The summed E-state index contributed by atoms with van der Waals surface area (Å²) in [5.74, 6) is -0.785. The van der Waals surface area contributed by atoms with Crippen molar-refractivity contribution in [3.05, 3.63) is 58.4 Å². The van der Waals surface area contributed by atoms with Gasteiger partial charge in [-0.05, 0) is 69.0 Å². The number of nitrogens with zero attached hydrogens (tertiary/aromatic N) is 2. The van der Waals surface area contributed by atoms with Crippen LogP contribution in [0, 0.1) is 25.2 Å². The smallest absolute Gasteiger partial charge is 0.354 e. The van der Waals surface area contributed by atoms with Crippen LogP contribution in [0.3, 0.4) is 0 Å². The summed E-state index contributed by atoms with van der Waals surface area (Å²) in [7, 11) is 1.64. The molecule has 0 saturated carbocycles. The lowest BCUT2D eigenvalue weighted by Gasteiger charge is -2.20. The second kappa shape index (κ2) is 10.4. The van der Waals surface area contributed by atoms with E-state index in [2.05, 4.69) is 15.2 Å². The predicted molar refractivity (Wildman–Crippen MR) is 125 cm³/mol. The Bertz CT molecular complexity index is 1170. The summed E-state index contributed by atoms with van der Waals surface area (Å²) in [4.78, 5) is 35.9. The third-order valence-electron chi connectivity index (χ3n) is 5.94. The maximum atomic E-state index is 12.6. The summed E-state index contributed by atoms with van der Waals surface area (Å²) in [6, 6.07) is 10.2. The zero-order valence-electron chi connectivity index (χ0n) is 19.7. The number of carbonyl (C=O) groups excluding carboxylic acids is 3. The number of nitrogens with one attached hydrogen (secondary N) is 2. The highest BCUT2D eigenvalue weighted by Crippen LogP contribution is 2.22. The molecule has 2 N–H and O–H groups in total. The lowest BCUT2D eigenvalue weighted by Crippen LogP contribution is -2.43.